The molecule has 0 radical (unpaired) electrons. The number of fused-ring (bicyclic) bond motifs is 1. The minimum atomic E-state index is -0.277. The summed E-state index contributed by atoms with van der Waals surface area (Å²) in [7, 11) is 0. The molecule has 1 aromatic rings. The lowest BCUT2D eigenvalue weighted by atomic mass is 9.81. The molecule has 1 amide bonds. The number of aromatic nitrogens is 2. The largest absolute Gasteiger partial charge is 0.393 e. The van der Waals surface area contributed by atoms with E-state index in [2.05, 4.69) is 14.9 Å². The second-order valence-electron chi connectivity index (χ2n) is 6.96. The van der Waals surface area contributed by atoms with Crippen LogP contribution in [0.5, 0.6) is 0 Å². The Labute approximate surface area is 136 Å². The fraction of sp³-hybridized carbons (Fsp3) is 0.706. The van der Waals surface area contributed by atoms with Crippen LogP contribution < -0.4 is 4.90 Å². The van der Waals surface area contributed by atoms with Gasteiger partial charge in [-0.2, -0.15) is 0 Å². The molecular weight excluding hydrogens is 292 g/mol. The van der Waals surface area contributed by atoms with Crippen LogP contribution in [0.3, 0.4) is 0 Å². The lowest BCUT2D eigenvalue weighted by Crippen LogP contribution is -2.44. The minimum Gasteiger partial charge on any atom is -0.393 e. The predicted molar refractivity (Wildman–Crippen MR) is 86.2 cm³/mol. The summed E-state index contributed by atoms with van der Waals surface area (Å²) in [6.07, 6.45) is 6.75. The van der Waals surface area contributed by atoms with Crippen molar-refractivity contribution in [2.45, 2.75) is 44.6 Å². The summed E-state index contributed by atoms with van der Waals surface area (Å²) in [5.74, 6) is 1.31. The molecule has 0 atom stereocenters. The van der Waals surface area contributed by atoms with E-state index < -0.39 is 0 Å². The number of hydrogen-bond acceptors (Lipinski definition) is 5. The third kappa shape index (κ3) is 2.80. The van der Waals surface area contributed by atoms with Gasteiger partial charge in [-0.1, -0.05) is 0 Å². The number of anilines is 1. The number of carbonyl (C=O) groups is 1. The van der Waals surface area contributed by atoms with E-state index in [1.54, 1.807) is 6.33 Å². The Kier molecular flexibility index (Phi) is 3.93. The molecule has 4 rings (SSSR count). The summed E-state index contributed by atoms with van der Waals surface area (Å²) in [4.78, 5) is 25.9. The molecule has 2 fully saturated rings. The molecule has 6 nitrogen and oxygen atoms in total. The van der Waals surface area contributed by atoms with E-state index in [9.17, 15) is 9.90 Å². The molecule has 1 saturated carbocycles. The van der Waals surface area contributed by atoms with Gasteiger partial charge in [0.05, 0.1) is 11.8 Å². The first-order valence-electron chi connectivity index (χ1n) is 8.77. The van der Waals surface area contributed by atoms with Gasteiger partial charge in [-0.15, -0.1) is 0 Å². The van der Waals surface area contributed by atoms with Crippen molar-refractivity contribution in [2.75, 3.05) is 31.1 Å². The molecular formula is C17H24N4O2. The van der Waals surface area contributed by atoms with Gasteiger partial charge in [-0.05, 0) is 32.1 Å². The summed E-state index contributed by atoms with van der Waals surface area (Å²) < 4.78 is 0. The highest BCUT2D eigenvalue weighted by Crippen LogP contribution is 2.31. The minimum absolute atomic E-state index is 0.0235. The van der Waals surface area contributed by atoms with Crippen molar-refractivity contribution in [3.8, 4) is 0 Å². The summed E-state index contributed by atoms with van der Waals surface area (Å²) in [6.45, 7) is 3.62. The van der Waals surface area contributed by atoms with Crippen molar-refractivity contribution in [3.63, 3.8) is 0 Å². The molecule has 0 unspecified atom stereocenters. The molecule has 1 saturated heterocycles. The first kappa shape index (κ1) is 14.9. The van der Waals surface area contributed by atoms with Crippen LogP contribution in [0, 0.1) is 5.92 Å². The van der Waals surface area contributed by atoms with E-state index in [1.807, 2.05) is 4.90 Å². The SMILES string of the molecule is O=C(C1CC(O)C1)N1CCc2ncnc(N3CCCC3)c2CC1. The molecule has 1 N–H and O–H groups in total. The van der Waals surface area contributed by atoms with E-state index >= 15 is 0 Å². The molecule has 0 bridgehead atoms. The van der Waals surface area contributed by atoms with Crippen LogP contribution in [0.2, 0.25) is 0 Å². The quantitative estimate of drug-likeness (QED) is 0.873. The number of aliphatic hydroxyl groups is 1. The molecule has 0 aromatic carbocycles. The van der Waals surface area contributed by atoms with Crippen LogP contribution in [0.1, 0.15) is 36.9 Å². The summed E-state index contributed by atoms with van der Waals surface area (Å²) in [5, 5.41) is 9.43. The van der Waals surface area contributed by atoms with Gasteiger partial charge < -0.3 is 14.9 Å². The molecule has 2 aliphatic heterocycles. The number of hydrogen-bond donors (Lipinski definition) is 1. The van der Waals surface area contributed by atoms with Crippen molar-refractivity contribution in [2.24, 2.45) is 5.92 Å². The molecule has 3 heterocycles. The van der Waals surface area contributed by atoms with Crippen LogP contribution in [-0.2, 0) is 17.6 Å². The van der Waals surface area contributed by atoms with Gasteiger partial charge in [0.25, 0.3) is 0 Å². The maximum atomic E-state index is 12.5. The van der Waals surface area contributed by atoms with Crippen molar-refractivity contribution >= 4 is 11.7 Å². The number of rotatable bonds is 2. The zero-order valence-electron chi connectivity index (χ0n) is 13.4. The molecule has 23 heavy (non-hydrogen) atoms. The van der Waals surface area contributed by atoms with Gasteiger partial charge >= 0.3 is 0 Å². The maximum absolute atomic E-state index is 12.5. The average Bonchev–Trinajstić information content (AvgIpc) is 2.97. The highest BCUT2D eigenvalue weighted by molar-refractivity contribution is 5.80. The van der Waals surface area contributed by atoms with Crippen molar-refractivity contribution in [1.29, 1.82) is 0 Å². The Morgan fingerprint density at radius 1 is 1.09 bits per heavy atom. The van der Waals surface area contributed by atoms with E-state index in [-0.39, 0.29) is 17.9 Å². The Hall–Kier alpha value is -1.69. The van der Waals surface area contributed by atoms with Gasteiger partial charge in [0.2, 0.25) is 5.91 Å². The smallest absolute Gasteiger partial charge is 0.225 e. The Morgan fingerprint density at radius 2 is 1.83 bits per heavy atom. The molecule has 6 heteroatoms. The normalized spacial score (nSPS) is 27.3. The second-order valence-corrected chi connectivity index (χ2v) is 6.96. The highest BCUT2D eigenvalue weighted by Gasteiger charge is 2.36. The zero-order chi connectivity index (χ0) is 15.8. The predicted octanol–water partition coefficient (Wildman–Crippen LogP) is 0.775. The monoisotopic (exact) mass is 316 g/mol. The Bertz CT molecular complexity index is 594. The third-order valence-corrected chi connectivity index (χ3v) is 5.44. The van der Waals surface area contributed by atoms with Crippen molar-refractivity contribution in [1.82, 2.24) is 14.9 Å². The first-order chi connectivity index (χ1) is 11.2. The van der Waals surface area contributed by atoms with Crippen molar-refractivity contribution in [3.05, 3.63) is 17.6 Å². The lowest BCUT2D eigenvalue weighted by Gasteiger charge is -2.34. The number of amides is 1. The summed E-state index contributed by atoms with van der Waals surface area (Å²) in [6, 6.07) is 0. The molecule has 1 aromatic heterocycles. The van der Waals surface area contributed by atoms with E-state index in [1.165, 1.54) is 18.4 Å². The molecule has 3 aliphatic rings. The van der Waals surface area contributed by atoms with Gasteiger partial charge in [0.1, 0.15) is 12.1 Å². The highest BCUT2D eigenvalue weighted by atomic mass is 16.3. The Morgan fingerprint density at radius 3 is 2.57 bits per heavy atom. The first-order valence-corrected chi connectivity index (χ1v) is 8.77. The third-order valence-electron chi connectivity index (χ3n) is 5.44. The van der Waals surface area contributed by atoms with E-state index in [4.69, 9.17) is 0 Å². The maximum Gasteiger partial charge on any atom is 0.225 e. The topological polar surface area (TPSA) is 69.6 Å². The van der Waals surface area contributed by atoms with Gasteiger partial charge in [-0.3, -0.25) is 4.79 Å². The fourth-order valence-corrected chi connectivity index (χ4v) is 3.98. The zero-order valence-corrected chi connectivity index (χ0v) is 13.4. The Balaban J connectivity index is 1.50. The van der Waals surface area contributed by atoms with Gasteiger partial charge in [0, 0.05) is 44.1 Å². The van der Waals surface area contributed by atoms with Gasteiger partial charge in [-0.25, -0.2) is 9.97 Å². The summed E-state index contributed by atoms with van der Waals surface area (Å²) in [5.41, 5.74) is 2.34. The van der Waals surface area contributed by atoms with E-state index in [0.29, 0.717) is 12.8 Å². The van der Waals surface area contributed by atoms with Crippen molar-refractivity contribution < 1.29 is 9.90 Å². The number of aliphatic hydroxyl groups excluding tert-OH is 1. The van der Waals surface area contributed by atoms with Crippen LogP contribution in [0.4, 0.5) is 5.82 Å². The van der Waals surface area contributed by atoms with Crippen LogP contribution in [-0.4, -0.2) is 58.2 Å². The molecule has 0 spiro atoms. The van der Waals surface area contributed by atoms with Gasteiger partial charge in [0.15, 0.2) is 0 Å². The average molecular weight is 316 g/mol. The van der Waals surface area contributed by atoms with Crippen LogP contribution in [0.25, 0.3) is 0 Å². The fourth-order valence-electron chi connectivity index (χ4n) is 3.98. The van der Waals surface area contributed by atoms with E-state index in [0.717, 1.165) is 50.5 Å². The number of nitrogens with zero attached hydrogens (tertiary/aromatic N) is 4. The standard InChI is InChI=1S/C17H24N4O2/c22-13-9-12(10-13)17(23)21-7-3-14-15(4-8-21)18-11-19-16(14)20-5-1-2-6-20/h11-13,22H,1-10H2. The second kappa shape index (κ2) is 6.07. The summed E-state index contributed by atoms with van der Waals surface area (Å²) >= 11 is 0. The lowest BCUT2D eigenvalue weighted by molar-refractivity contribution is -0.142. The number of carbonyl (C=O) groups excluding carboxylic acids is 1. The molecule has 1 aliphatic carbocycles. The molecule has 124 valence electrons. The van der Waals surface area contributed by atoms with Crippen LogP contribution in [0.15, 0.2) is 6.33 Å². The van der Waals surface area contributed by atoms with Crippen LogP contribution >= 0.6 is 0 Å².